The number of H-pyrrole nitrogens is 1. The molecule has 0 aliphatic heterocycles. The first kappa shape index (κ1) is 8.97. The molecule has 1 aromatic carbocycles. The SMILES string of the molecule is Nc1ccc(Cl)cc1Nc1ccc[nH]1. The van der Waals surface area contributed by atoms with E-state index in [1.807, 2.05) is 18.3 Å². The minimum atomic E-state index is 0.660. The first-order valence-electron chi connectivity index (χ1n) is 4.21. The van der Waals surface area contributed by atoms with Crippen LogP contribution in [0.2, 0.25) is 5.02 Å². The van der Waals surface area contributed by atoms with Crippen LogP contribution in [-0.2, 0) is 0 Å². The minimum Gasteiger partial charge on any atom is -0.397 e. The molecule has 2 aromatic rings. The molecule has 3 nitrogen and oxygen atoms in total. The number of halogens is 1. The molecule has 0 radical (unpaired) electrons. The van der Waals surface area contributed by atoms with Crippen LogP contribution >= 0.6 is 11.6 Å². The maximum absolute atomic E-state index is 5.85. The smallest absolute Gasteiger partial charge is 0.107 e. The topological polar surface area (TPSA) is 53.8 Å². The van der Waals surface area contributed by atoms with Crippen LogP contribution in [0.3, 0.4) is 0 Å². The van der Waals surface area contributed by atoms with Crippen molar-refractivity contribution in [2.24, 2.45) is 0 Å². The van der Waals surface area contributed by atoms with Gasteiger partial charge >= 0.3 is 0 Å². The Hall–Kier alpha value is -1.61. The second kappa shape index (κ2) is 3.64. The summed E-state index contributed by atoms with van der Waals surface area (Å²) in [4.78, 5) is 3.02. The summed E-state index contributed by atoms with van der Waals surface area (Å²) in [5.74, 6) is 0.888. The normalized spacial score (nSPS) is 10.1. The fraction of sp³-hybridized carbons (Fsp3) is 0. The summed E-state index contributed by atoms with van der Waals surface area (Å²) in [5, 5.41) is 3.79. The van der Waals surface area contributed by atoms with Crippen molar-refractivity contribution in [2.75, 3.05) is 11.1 Å². The Bertz CT molecular complexity index is 423. The van der Waals surface area contributed by atoms with Gasteiger partial charge in [0.1, 0.15) is 5.82 Å². The van der Waals surface area contributed by atoms with E-state index in [-0.39, 0.29) is 0 Å². The molecule has 0 aliphatic carbocycles. The van der Waals surface area contributed by atoms with E-state index in [4.69, 9.17) is 17.3 Å². The maximum Gasteiger partial charge on any atom is 0.107 e. The third kappa shape index (κ3) is 1.83. The van der Waals surface area contributed by atoms with Crippen LogP contribution < -0.4 is 11.1 Å². The maximum atomic E-state index is 5.85. The van der Waals surface area contributed by atoms with Gasteiger partial charge in [0.05, 0.1) is 11.4 Å². The number of nitrogens with one attached hydrogen (secondary N) is 2. The standard InChI is InChI=1S/C10H10ClN3/c11-7-3-4-8(12)9(6-7)14-10-2-1-5-13-10/h1-6,13-14H,12H2. The van der Waals surface area contributed by atoms with Gasteiger partial charge < -0.3 is 16.0 Å². The Morgan fingerprint density at radius 1 is 1.29 bits per heavy atom. The molecular formula is C10H10ClN3. The lowest BCUT2D eigenvalue weighted by Gasteiger charge is -2.07. The fourth-order valence-corrected chi connectivity index (χ4v) is 1.36. The quantitative estimate of drug-likeness (QED) is 0.664. The second-order valence-corrected chi connectivity index (χ2v) is 3.38. The first-order valence-corrected chi connectivity index (χ1v) is 4.59. The van der Waals surface area contributed by atoms with E-state index in [2.05, 4.69) is 10.3 Å². The van der Waals surface area contributed by atoms with Crippen LogP contribution in [0.4, 0.5) is 17.2 Å². The van der Waals surface area contributed by atoms with Gasteiger partial charge in [0.25, 0.3) is 0 Å². The average molecular weight is 208 g/mol. The molecule has 0 amide bonds. The van der Waals surface area contributed by atoms with Gasteiger partial charge in [-0.05, 0) is 30.3 Å². The van der Waals surface area contributed by atoms with E-state index in [1.54, 1.807) is 18.2 Å². The first-order chi connectivity index (χ1) is 6.75. The van der Waals surface area contributed by atoms with E-state index in [0.29, 0.717) is 10.7 Å². The molecule has 0 fully saturated rings. The highest BCUT2D eigenvalue weighted by Gasteiger charge is 2.00. The summed E-state index contributed by atoms with van der Waals surface area (Å²) in [6, 6.07) is 9.14. The third-order valence-corrected chi connectivity index (χ3v) is 2.12. The van der Waals surface area contributed by atoms with Gasteiger partial charge in [-0.2, -0.15) is 0 Å². The van der Waals surface area contributed by atoms with E-state index in [0.717, 1.165) is 11.5 Å². The molecule has 0 saturated carbocycles. The highest BCUT2D eigenvalue weighted by Crippen LogP contribution is 2.25. The highest BCUT2D eigenvalue weighted by molar-refractivity contribution is 6.31. The monoisotopic (exact) mass is 207 g/mol. The van der Waals surface area contributed by atoms with Gasteiger partial charge in [0, 0.05) is 11.2 Å². The van der Waals surface area contributed by atoms with Crippen molar-refractivity contribution in [2.45, 2.75) is 0 Å². The predicted octanol–water partition coefficient (Wildman–Crippen LogP) is 2.99. The molecule has 0 atom stereocenters. The fourth-order valence-electron chi connectivity index (χ4n) is 1.19. The van der Waals surface area contributed by atoms with Gasteiger partial charge in [0.15, 0.2) is 0 Å². The van der Waals surface area contributed by atoms with Crippen molar-refractivity contribution in [3.05, 3.63) is 41.6 Å². The lowest BCUT2D eigenvalue weighted by Crippen LogP contribution is -1.95. The molecule has 0 saturated heterocycles. The molecule has 1 heterocycles. The molecule has 2 rings (SSSR count). The van der Waals surface area contributed by atoms with Crippen molar-refractivity contribution in [3.8, 4) is 0 Å². The second-order valence-electron chi connectivity index (χ2n) is 2.94. The number of rotatable bonds is 2. The number of hydrogen-bond acceptors (Lipinski definition) is 2. The van der Waals surface area contributed by atoms with Crippen LogP contribution in [0.1, 0.15) is 0 Å². The van der Waals surface area contributed by atoms with Gasteiger partial charge in [0.2, 0.25) is 0 Å². The van der Waals surface area contributed by atoms with Crippen molar-refractivity contribution in [1.82, 2.24) is 4.98 Å². The molecule has 0 bridgehead atoms. The predicted molar refractivity (Wildman–Crippen MR) is 59.9 cm³/mol. The lowest BCUT2D eigenvalue weighted by atomic mass is 10.2. The summed E-state index contributed by atoms with van der Waals surface area (Å²) in [6.07, 6.45) is 1.84. The van der Waals surface area contributed by atoms with Crippen molar-refractivity contribution in [1.29, 1.82) is 0 Å². The van der Waals surface area contributed by atoms with E-state index < -0.39 is 0 Å². The molecule has 0 aliphatic rings. The number of benzene rings is 1. The molecule has 0 unspecified atom stereocenters. The Balaban J connectivity index is 2.28. The minimum absolute atomic E-state index is 0.660. The number of hydrogen-bond donors (Lipinski definition) is 3. The van der Waals surface area contributed by atoms with Crippen molar-refractivity contribution >= 4 is 28.8 Å². The van der Waals surface area contributed by atoms with Crippen molar-refractivity contribution in [3.63, 3.8) is 0 Å². The average Bonchev–Trinajstić information content (AvgIpc) is 2.64. The number of anilines is 3. The molecule has 4 N–H and O–H groups in total. The zero-order valence-electron chi connectivity index (χ0n) is 7.42. The number of aromatic nitrogens is 1. The number of nitrogen functional groups attached to an aromatic ring is 1. The van der Waals surface area contributed by atoms with E-state index in [1.165, 1.54) is 0 Å². The molecular weight excluding hydrogens is 198 g/mol. The zero-order chi connectivity index (χ0) is 9.97. The summed E-state index contributed by atoms with van der Waals surface area (Å²) in [7, 11) is 0. The van der Waals surface area contributed by atoms with Gasteiger partial charge in [-0.3, -0.25) is 0 Å². The Kier molecular flexibility index (Phi) is 2.33. The van der Waals surface area contributed by atoms with Crippen LogP contribution in [0, 0.1) is 0 Å². The molecule has 14 heavy (non-hydrogen) atoms. The van der Waals surface area contributed by atoms with Gasteiger partial charge in [-0.15, -0.1) is 0 Å². The van der Waals surface area contributed by atoms with E-state index >= 15 is 0 Å². The number of aromatic amines is 1. The summed E-state index contributed by atoms with van der Waals surface area (Å²) in [5.41, 5.74) is 7.25. The largest absolute Gasteiger partial charge is 0.397 e. The third-order valence-electron chi connectivity index (χ3n) is 1.88. The molecule has 0 spiro atoms. The Labute approximate surface area is 86.9 Å². The summed E-state index contributed by atoms with van der Waals surface area (Å²) in [6.45, 7) is 0. The van der Waals surface area contributed by atoms with Gasteiger partial charge in [-0.25, -0.2) is 0 Å². The van der Waals surface area contributed by atoms with Gasteiger partial charge in [-0.1, -0.05) is 11.6 Å². The van der Waals surface area contributed by atoms with Crippen molar-refractivity contribution < 1.29 is 0 Å². The Morgan fingerprint density at radius 2 is 2.14 bits per heavy atom. The summed E-state index contributed by atoms with van der Waals surface area (Å²) >= 11 is 5.85. The van der Waals surface area contributed by atoms with Crippen LogP contribution in [0.5, 0.6) is 0 Å². The lowest BCUT2D eigenvalue weighted by molar-refractivity contribution is 1.38. The van der Waals surface area contributed by atoms with Crippen LogP contribution in [-0.4, -0.2) is 4.98 Å². The van der Waals surface area contributed by atoms with E-state index in [9.17, 15) is 0 Å². The van der Waals surface area contributed by atoms with Crippen LogP contribution in [0.25, 0.3) is 0 Å². The Morgan fingerprint density at radius 3 is 2.86 bits per heavy atom. The highest BCUT2D eigenvalue weighted by atomic mass is 35.5. The number of nitrogens with two attached hydrogens (primary N) is 1. The summed E-state index contributed by atoms with van der Waals surface area (Å²) < 4.78 is 0. The molecule has 1 aromatic heterocycles. The molecule has 72 valence electrons. The molecule has 4 heteroatoms. The van der Waals surface area contributed by atoms with Crippen LogP contribution in [0.15, 0.2) is 36.5 Å². The zero-order valence-corrected chi connectivity index (χ0v) is 8.18.